The third-order valence-corrected chi connectivity index (χ3v) is 1.43. The minimum atomic E-state index is 0. The van der Waals surface area contributed by atoms with Gasteiger partial charge in [-0.05, 0) is 12.1 Å². The molecule has 0 spiro atoms. The van der Waals surface area contributed by atoms with Crippen LogP contribution in [-0.2, 0) is 0 Å². The molecule has 0 unspecified atom stereocenters. The third kappa shape index (κ3) is 1.11. The quantitative estimate of drug-likeness (QED) is 0.664. The van der Waals surface area contributed by atoms with E-state index in [-0.39, 0.29) is 12.4 Å². The lowest BCUT2D eigenvalue weighted by molar-refractivity contribution is 1.10. The van der Waals surface area contributed by atoms with Crippen molar-refractivity contribution in [1.82, 2.24) is 15.2 Å². The lowest BCUT2D eigenvalue weighted by atomic mass is 10.3. The maximum atomic E-state index is 8.55. The van der Waals surface area contributed by atoms with E-state index in [2.05, 4.69) is 15.2 Å². The fourth-order valence-electron chi connectivity index (χ4n) is 0.931. The number of hydrogen-bond acceptors (Lipinski definition) is 3. The van der Waals surface area contributed by atoms with Crippen LogP contribution >= 0.6 is 12.4 Å². The van der Waals surface area contributed by atoms with Crippen LogP contribution in [-0.4, -0.2) is 15.2 Å². The minimum absolute atomic E-state index is 0. The van der Waals surface area contributed by atoms with Gasteiger partial charge in [0.15, 0.2) is 5.69 Å². The molecule has 0 amide bonds. The summed E-state index contributed by atoms with van der Waals surface area (Å²) in [4.78, 5) is 4.00. The normalized spacial score (nSPS) is 8.92. The van der Waals surface area contributed by atoms with Crippen molar-refractivity contribution in [3.05, 3.63) is 24.0 Å². The van der Waals surface area contributed by atoms with Gasteiger partial charge in [0.1, 0.15) is 11.6 Å². The molecule has 0 aliphatic heterocycles. The molecule has 5 heteroatoms. The van der Waals surface area contributed by atoms with Crippen molar-refractivity contribution in [1.29, 1.82) is 5.26 Å². The van der Waals surface area contributed by atoms with Gasteiger partial charge in [-0.2, -0.15) is 10.4 Å². The maximum Gasteiger partial charge on any atom is 0.188 e. The number of fused-ring (bicyclic) bond motifs is 1. The Hall–Kier alpha value is -1.60. The second kappa shape index (κ2) is 3.20. The molecule has 4 nitrogen and oxygen atoms in total. The van der Waals surface area contributed by atoms with E-state index in [4.69, 9.17) is 5.26 Å². The molecule has 0 atom stereocenters. The second-order valence-electron chi connectivity index (χ2n) is 2.08. The largest absolute Gasteiger partial charge is 0.275 e. The Morgan fingerprint density at radius 2 is 2.33 bits per heavy atom. The Bertz CT molecular complexity index is 428. The number of pyridine rings is 1. The highest BCUT2D eigenvalue weighted by Crippen LogP contribution is 2.09. The van der Waals surface area contributed by atoms with E-state index in [0.717, 1.165) is 5.52 Å². The number of nitrogens with zero attached hydrogens (tertiary/aromatic N) is 3. The van der Waals surface area contributed by atoms with Crippen LogP contribution in [0.3, 0.4) is 0 Å². The summed E-state index contributed by atoms with van der Waals surface area (Å²) in [7, 11) is 0. The summed E-state index contributed by atoms with van der Waals surface area (Å²) in [5.74, 6) is 0. The van der Waals surface area contributed by atoms with E-state index >= 15 is 0 Å². The predicted molar refractivity (Wildman–Crippen MR) is 45.9 cm³/mol. The summed E-state index contributed by atoms with van der Waals surface area (Å²) in [6, 6.07) is 5.57. The zero-order chi connectivity index (χ0) is 7.68. The van der Waals surface area contributed by atoms with Gasteiger partial charge in [0.25, 0.3) is 0 Å². The Labute approximate surface area is 74.6 Å². The predicted octanol–water partition coefficient (Wildman–Crippen LogP) is 1.25. The number of aromatic amines is 1. The fraction of sp³-hybridized carbons (Fsp3) is 0. The first-order valence-electron chi connectivity index (χ1n) is 3.11. The monoisotopic (exact) mass is 180 g/mol. The first kappa shape index (κ1) is 8.50. The molecule has 0 aromatic carbocycles. The summed E-state index contributed by atoms with van der Waals surface area (Å²) in [5, 5.41) is 15.0. The molecule has 0 fully saturated rings. The van der Waals surface area contributed by atoms with Gasteiger partial charge in [0.05, 0.1) is 5.52 Å². The molecule has 60 valence electrons. The SMILES string of the molecule is Cl.N#Cc1n[nH]c2cccnc12. The molecule has 0 saturated heterocycles. The smallest absolute Gasteiger partial charge is 0.188 e. The van der Waals surface area contributed by atoms with Crippen molar-refractivity contribution < 1.29 is 0 Å². The summed E-state index contributed by atoms with van der Waals surface area (Å²) in [5.41, 5.74) is 1.78. The number of aromatic nitrogens is 3. The van der Waals surface area contributed by atoms with Crippen LogP contribution in [0.15, 0.2) is 18.3 Å². The van der Waals surface area contributed by atoms with Crippen molar-refractivity contribution in [2.24, 2.45) is 0 Å². The standard InChI is InChI=1S/C7H4N4.ClH/c8-4-6-7-5(10-11-6)2-1-3-9-7;/h1-3H,(H,10,11);1H. The molecule has 2 aromatic heterocycles. The van der Waals surface area contributed by atoms with Crippen molar-refractivity contribution >= 4 is 23.4 Å². The van der Waals surface area contributed by atoms with E-state index < -0.39 is 0 Å². The van der Waals surface area contributed by atoms with Gasteiger partial charge in [-0.3, -0.25) is 10.1 Å². The number of nitrogens with one attached hydrogen (secondary N) is 1. The number of H-pyrrole nitrogens is 1. The number of halogens is 1. The number of rotatable bonds is 0. The van der Waals surface area contributed by atoms with E-state index in [0.29, 0.717) is 11.2 Å². The van der Waals surface area contributed by atoms with E-state index in [9.17, 15) is 0 Å². The highest BCUT2D eigenvalue weighted by Gasteiger charge is 2.02. The Morgan fingerprint density at radius 3 is 3.08 bits per heavy atom. The summed E-state index contributed by atoms with van der Waals surface area (Å²) in [6.45, 7) is 0. The van der Waals surface area contributed by atoms with E-state index in [1.807, 2.05) is 12.1 Å². The number of nitriles is 1. The molecule has 0 saturated carbocycles. The molecule has 0 radical (unpaired) electrons. The van der Waals surface area contributed by atoms with Gasteiger partial charge in [-0.25, -0.2) is 0 Å². The molecular formula is C7H5ClN4. The zero-order valence-electron chi connectivity index (χ0n) is 5.98. The van der Waals surface area contributed by atoms with Crippen LogP contribution in [0, 0.1) is 11.3 Å². The van der Waals surface area contributed by atoms with Crippen LogP contribution in [0.4, 0.5) is 0 Å². The van der Waals surface area contributed by atoms with E-state index in [1.54, 1.807) is 12.3 Å². The third-order valence-electron chi connectivity index (χ3n) is 1.43. The Morgan fingerprint density at radius 1 is 1.50 bits per heavy atom. The highest BCUT2D eigenvalue weighted by molar-refractivity contribution is 5.85. The summed E-state index contributed by atoms with van der Waals surface area (Å²) < 4.78 is 0. The van der Waals surface area contributed by atoms with Gasteiger partial charge < -0.3 is 0 Å². The van der Waals surface area contributed by atoms with Gasteiger partial charge in [0.2, 0.25) is 0 Å². The van der Waals surface area contributed by atoms with Crippen LogP contribution in [0.5, 0.6) is 0 Å². The molecule has 2 rings (SSSR count). The molecule has 2 aromatic rings. The lowest BCUT2D eigenvalue weighted by Crippen LogP contribution is -1.75. The molecule has 0 bridgehead atoms. The molecule has 12 heavy (non-hydrogen) atoms. The second-order valence-corrected chi connectivity index (χ2v) is 2.08. The van der Waals surface area contributed by atoms with Gasteiger partial charge in [0, 0.05) is 6.20 Å². The van der Waals surface area contributed by atoms with Crippen molar-refractivity contribution in [2.75, 3.05) is 0 Å². The number of hydrogen-bond donors (Lipinski definition) is 1. The van der Waals surface area contributed by atoms with Crippen LogP contribution in [0.25, 0.3) is 11.0 Å². The summed E-state index contributed by atoms with van der Waals surface area (Å²) >= 11 is 0. The highest BCUT2D eigenvalue weighted by atomic mass is 35.5. The van der Waals surface area contributed by atoms with Gasteiger partial charge in [-0.15, -0.1) is 12.4 Å². The molecule has 1 N–H and O–H groups in total. The van der Waals surface area contributed by atoms with Crippen molar-refractivity contribution in [3.8, 4) is 6.07 Å². The van der Waals surface area contributed by atoms with E-state index in [1.165, 1.54) is 0 Å². The van der Waals surface area contributed by atoms with Crippen LogP contribution < -0.4 is 0 Å². The Kier molecular flexibility index (Phi) is 2.26. The minimum Gasteiger partial charge on any atom is -0.275 e. The molecular weight excluding hydrogens is 176 g/mol. The fourth-order valence-corrected chi connectivity index (χ4v) is 0.931. The van der Waals surface area contributed by atoms with Crippen molar-refractivity contribution in [2.45, 2.75) is 0 Å². The van der Waals surface area contributed by atoms with Crippen LogP contribution in [0.1, 0.15) is 5.69 Å². The molecule has 0 aliphatic carbocycles. The Balaban J connectivity index is 0.000000720. The van der Waals surface area contributed by atoms with Gasteiger partial charge in [-0.1, -0.05) is 0 Å². The molecule has 0 aliphatic rings. The topological polar surface area (TPSA) is 65.4 Å². The van der Waals surface area contributed by atoms with Crippen LogP contribution in [0.2, 0.25) is 0 Å². The lowest BCUT2D eigenvalue weighted by Gasteiger charge is -1.82. The van der Waals surface area contributed by atoms with Gasteiger partial charge >= 0.3 is 0 Å². The average Bonchev–Trinajstić information content (AvgIpc) is 2.47. The van der Waals surface area contributed by atoms with Crippen molar-refractivity contribution in [3.63, 3.8) is 0 Å². The zero-order valence-corrected chi connectivity index (χ0v) is 6.80. The summed E-state index contributed by atoms with van der Waals surface area (Å²) in [6.07, 6.45) is 1.64. The average molecular weight is 181 g/mol. The first-order valence-corrected chi connectivity index (χ1v) is 3.11. The molecule has 2 heterocycles. The maximum absolute atomic E-state index is 8.55. The first-order chi connectivity index (χ1) is 5.42.